The topological polar surface area (TPSA) is 41.1 Å². The van der Waals surface area contributed by atoms with Gasteiger partial charge in [0, 0.05) is 12.1 Å². The first kappa shape index (κ1) is 14.8. The van der Waals surface area contributed by atoms with Gasteiger partial charge in [-0.15, -0.1) is 0 Å². The molecule has 1 saturated heterocycles. The summed E-state index contributed by atoms with van der Waals surface area (Å²) in [5.74, 6) is 0.543. The molecule has 3 heteroatoms. The minimum Gasteiger partial charge on any atom is -0.350 e. The maximum Gasteiger partial charge on any atom is 0.244 e. The van der Waals surface area contributed by atoms with Gasteiger partial charge in [0.25, 0.3) is 0 Å². The van der Waals surface area contributed by atoms with Crippen molar-refractivity contribution in [3.63, 3.8) is 0 Å². The Labute approximate surface area is 121 Å². The summed E-state index contributed by atoms with van der Waals surface area (Å²) in [5.41, 5.74) is 2.39. The summed E-state index contributed by atoms with van der Waals surface area (Å²) in [6.07, 6.45) is 5.54. The van der Waals surface area contributed by atoms with Crippen molar-refractivity contribution in [1.82, 2.24) is 10.6 Å². The van der Waals surface area contributed by atoms with E-state index in [1.807, 2.05) is 6.08 Å². The van der Waals surface area contributed by atoms with Crippen molar-refractivity contribution in [2.45, 2.75) is 38.6 Å². The van der Waals surface area contributed by atoms with Gasteiger partial charge in [-0.1, -0.05) is 38.1 Å². The van der Waals surface area contributed by atoms with Crippen molar-refractivity contribution in [3.8, 4) is 0 Å². The molecule has 0 aliphatic carbocycles. The molecule has 0 atom stereocenters. The van der Waals surface area contributed by atoms with Gasteiger partial charge in [0.15, 0.2) is 0 Å². The van der Waals surface area contributed by atoms with Crippen LogP contribution >= 0.6 is 0 Å². The van der Waals surface area contributed by atoms with Crippen molar-refractivity contribution in [2.75, 3.05) is 13.1 Å². The Bertz CT molecular complexity index is 456. The first-order valence-electron chi connectivity index (χ1n) is 7.44. The number of carbonyl (C=O) groups is 1. The molecular formula is C17H24N2O. The maximum atomic E-state index is 11.8. The summed E-state index contributed by atoms with van der Waals surface area (Å²) >= 11 is 0. The van der Waals surface area contributed by atoms with Gasteiger partial charge in [-0.2, -0.15) is 0 Å². The molecule has 1 fully saturated rings. The van der Waals surface area contributed by atoms with Gasteiger partial charge in [0.05, 0.1) is 0 Å². The molecule has 108 valence electrons. The van der Waals surface area contributed by atoms with E-state index in [9.17, 15) is 4.79 Å². The normalized spacial score (nSPS) is 16.8. The smallest absolute Gasteiger partial charge is 0.244 e. The van der Waals surface area contributed by atoms with Gasteiger partial charge in [-0.25, -0.2) is 0 Å². The second-order valence-corrected chi connectivity index (χ2v) is 5.69. The SMILES string of the molecule is CC(C)c1ccc(/C=C/C(=O)NC2CCNCC2)cc1. The molecule has 1 amide bonds. The van der Waals surface area contributed by atoms with E-state index < -0.39 is 0 Å². The lowest BCUT2D eigenvalue weighted by Crippen LogP contribution is -2.42. The third kappa shape index (κ3) is 4.49. The van der Waals surface area contributed by atoms with E-state index in [2.05, 4.69) is 48.7 Å². The molecule has 3 nitrogen and oxygen atoms in total. The fraction of sp³-hybridized carbons (Fsp3) is 0.471. The maximum absolute atomic E-state index is 11.8. The minimum atomic E-state index is 0.00448. The van der Waals surface area contributed by atoms with Crippen LogP contribution in [0, 0.1) is 0 Å². The standard InChI is InChI=1S/C17H24N2O/c1-13(2)15-6-3-14(4-7-15)5-8-17(20)19-16-9-11-18-12-10-16/h3-8,13,16,18H,9-12H2,1-2H3,(H,19,20)/b8-5+. The average molecular weight is 272 g/mol. The second kappa shape index (κ2) is 7.25. The van der Waals surface area contributed by atoms with Crippen LogP contribution in [0.25, 0.3) is 6.08 Å². The number of piperidine rings is 1. The molecule has 0 radical (unpaired) electrons. The lowest BCUT2D eigenvalue weighted by molar-refractivity contribution is -0.117. The van der Waals surface area contributed by atoms with E-state index >= 15 is 0 Å². The monoisotopic (exact) mass is 272 g/mol. The van der Waals surface area contributed by atoms with Crippen LogP contribution in [0.5, 0.6) is 0 Å². The molecule has 20 heavy (non-hydrogen) atoms. The quantitative estimate of drug-likeness (QED) is 0.827. The molecule has 2 rings (SSSR count). The van der Waals surface area contributed by atoms with Crippen molar-refractivity contribution >= 4 is 12.0 Å². The summed E-state index contributed by atoms with van der Waals surface area (Å²) in [6, 6.07) is 8.67. The second-order valence-electron chi connectivity index (χ2n) is 5.69. The van der Waals surface area contributed by atoms with Crippen LogP contribution in [0.1, 0.15) is 43.7 Å². The highest BCUT2D eigenvalue weighted by Gasteiger charge is 2.13. The summed E-state index contributed by atoms with van der Waals surface area (Å²) < 4.78 is 0. The Morgan fingerprint density at radius 2 is 1.90 bits per heavy atom. The fourth-order valence-electron chi connectivity index (χ4n) is 2.38. The van der Waals surface area contributed by atoms with Gasteiger partial charge < -0.3 is 10.6 Å². The molecule has 1 aliphatic heterocycles. The molecule has 0 spiro atoms. The van der Waals surface area contributed by atoms with Gasteiger partial charge in [-0.05, 0) is 49.1 Å². The minimum absolute atomic E-state index is 0.00448. The molecule has 0 saturated carbocycles. The summed E-state index contributed by atoms with van der Waals surface area (Å²) in [6.45, 7) is 6.34. The molecule has 1 aliphatic rings. The van der Waals surface area contributed by atoms with Crippen molar-refractivity contribution in [3.05, 3.63) is 41.5 Å². The highest BCUT2D eigenvalue weighted by molar-refractivity contribution is 5.91. The molecule has 1 aromatic rings. The molecule has 1 aromatic carbocycles. The summed E-state index contributed by atoms with van der Waals surface area (Å²) in [5, 5.41) is 6.34. The van der Waals surface area contributed by atoms with Crippen LogP contribution in [-0.4, -0.2) is 25.0 Å². The van der Waals surface area contributed by atoms with Crippen LogP contribution in [0.3, 0.4) is 0 Å². The predicted octanol–water partition coefficient (Wildman–Crippen LogP) is 2.69. The Morgan fingerprint density at radius 1 is 1.25 bits per heavy atom. The van der Waals surface area contributed by atoms with Gasteiger partial charge in [0.2, 0.25) is 5.91 Å². The molecule has 0 unspecified atom stereocenters. The molecular weight excluding hydrogens is 248 g/mol. The molecule has 2 N–H and O–H groups in total. The molecule has 0 aromatic heterocycles. The van der Waals surface area contributed by atoms with E-state index in [0.29, 0.717) is 12.0 Å². The fourth-order valence-corrected chi connectivity index (χ4v) is 2.38. The third-order valence-electron chi connectivity index (χ3n) is 3.72. The van der Waals surface area contributed by atoms with Crippen molar-refractivity contribution < 1.29 is 4.79 Å². The van der Waals surface area contributed by atoms with Crippen molar-refractivity contribution in [1.29, 1.82) is 0 Å². The molecule has 0 bridgehead atoms. The van der Waals surface area contributed by atoms with Gasteiger partial charge >= 0.3 is 0 Å². The molecule has 1 heterocycles. The van der Waals surface area contributed by atoms with E-state index in [-0.39, 0.29) is 5.91 Å². The largest absolute Gasteiger partial charge is 0.350 e. The summed E-state index contributed by atoms with van der Waals surface area (Å²) in [4.78, 5) is 11.8. The lowest BCUT2D eigenvalue weighted by atomic mass is 10.0. The Hall–Kier alpha value is -1.61. The van der Waals surface area contributed by atoms with Crippen LogP contribution in [-0.2, 0) is 4.79 Å². The Kier molecular flexibility index (Phi) is 5.36. The number of hydrogen-bond donors (Lipinski definition) is 2. The first-order chi connectivity index (χ1) is 9.65. The van der Waals surface area contributed by atoms with Crippen LogP contribution in [0.15, 0.2) is 30.3 Å². The summed E-state index contributed by atoms with van der Waals surface area (Å²) in [7, 11) is 0. The number of hydrogen-bond acceptors (Lipinski definition) is 2. The number of nitrogens with one attached hydrogen (secondary N) is 2. The Balaban J connectivity index is 1.86. The van der Waals surface area contributed by atoms with Crippen molar-refractivity contribution in [2.24, 2.45) is 0 Å². The van der Waals surface area contributed by atoms with E-state index in [0.717, 1.165) is 31.5 Å². The average Bonchev–Trinajstić information content (AvgIpc) is 2.46. The first-order valence-corrected chi connectivity index (χ1v) is 7.44. The number of rotatable bonds is 4. The number of benzene rings is 1. The highest BCUT2D eigenvalue weighted by Crippen LogP contribution is 2.15. The highest BCUT2D eigenvalue weighted by atomic mass is 16.1. The van der Waals surface area contributed by atoms with Crippen LogP contribution in [0.4, 0.5) is 0 Å². The zero-order valence-electron chi connectivity index (χ0n) is 12.4. The Morgan fingerprint density at radius 3 is 2.50 bits per heavy atom. The predicted molar refractivity (Wildman–Crippen MR) is 83.6 cm³/mol. The van der Waals surface area contributed by atoms with Gasteiger partial charge in [0.1, 0.15) is 0 Å². The van der Waals surface area contributed by atoms with E-state index in [1.165, 1.54) is 5.56 Å². The zero-order valence-corrected chi connectivity index (χ0v) is 12.4. The van der Waals surface area contributed by atoms with Gasteiger partial charge in [-0.3, -0.25) is 4.79 Å². The van der Waals surface area contributed by atoms with Crippen LogP contribution in [0.2, 0.25) is 0 Å². The number of amides is 1. The lowest BCUT2D eigenvalue weighted by Gasteiger charge is -2.22. The zero-order chi connectivity index (χ0) is 14.4. The third-order valence-corrected chi connectivity index (χ3v) is 3.72. The number of carbonyl (C=O) groups excluding carboxylic acids is 1. The van der Waals surface area contributed by atoms with Crippen LogP contribution < -0.4 is 10.6 Å². The van der Waals surface area contributed by atoms with E-state index in [1.54, 1.807) is 6.08 Å². The van der Waals surface area contributed by atoms with E-state index in [4.69, 9.17) is 0 Å².